The zero-order chi connectivity index (χ0) is 24.2. The molecule has 2 atom stereocenters. The van der Waals surface area contributed by atoms with E-state index in [0.717, 1.165) is 6.07 Å². The van der Waals surface area contributed by atoms with Crippen molar-refractivity contribution in [2.24, 2.45) is 0 Å². The third-order valence-corrected chi connectivity index (χ3v) is 4.62. The fraction of sp³-hybridized carbons (Fsp3) is 0.400. The van der Waals surface area contributed by atoms with Crippen LogP contribution in [-0.2, 0) is 23.8 Å². The summed E-state index contributed by atoms with van der Waals surface area (Å²) < 4.78 is 53.6. The molecule has 1 N–H and O–H groups in total. The number of non-ortho nitro benzene ring substituents is 1. The van der Waals surface area contributed by atoms with Gasteiger partial charge in [-0.15, -0.1) is 0 Å². The summed E-state index contributed by atoms with van der Waals surface area (Å²) in [5, 5.41) is 14.0. The number of hydrogen-bond acceptors (Lipinski definition) is 8. The highest BCUT2D eigenvalue weighted by atomic mass is 19.3. The number of hydrogen-bond donors (Lipinski definition) is 1. The van der Waals surface area contributed by atoms with E-state index in [1.807, 2.05) is 0 Å². The number of dihydropyridines is 1. The van der Waals surface area contributed by atoms with Gasteiger partial charge in [0.2, 0.25) is 0 Å². The van der Waals surface area contributed by atoms with Crippen LogP contribution in [0.2, 0.25) is 0 Å². The van der Waals surface area contributed by atoms with Crippen LogP contribution < -0.4 is 5.32 Å². The fourth-order valence-electron chi connectivity index (χ4n) is 3.17. The summed E-state index contributed by atoms with van der Waals surface area (Å²) in [6.45, 7) is 2.00. The second kappa shape index (κ2) is 9.81. The minimum absolute atomic E-state index is 0.0370. The van der Waals surface area contributed by atoms with E-state index < -0.39 is 47.4 Å². The number of nitro benzene ring substituents is 1. The smallest absolute Gasteiger partial charge is 0.429 e. The lowest BCUT2D eigenvalue weighted by molar-refractivity contribution is -0.384. The zero-order valence-corrected chi connectivity index (χ0v) is 17.6. The number of nitro groups is 1. The quantitative estimate of drug-likeness (QED) is 0.272. The number of allylic oxidation sites excluding steroid dienone is 2. The third kappa shape index (κ3) is 5.44. The van der Waals surface area contributed by atoms with E-state index in [9.17, 15) is 32.9 Å². The van der Waals surface area contributed by atoms with Gasteiger partial charge in [0.25, 0.3) is 5.69 Å². The molecule has 1 aliphatic rings. The van der Waals surface area contributed by atoms with Crippen LogP contribution in [-0.4, -0.2) is 43.0 Å². The first kappa shape index (κ1) is 24.9. The van der Waals surface area contributed by atoms with E-state index in [-0.39, 0.29) is 28.2 Å². The summed E-state index contributed by atoms with van der Waals surface area (Å²) in [6.07, 6.45) is -5.40. The SMILES string of the molecule is COC(C)OC(=O)C1=C(C)NC(C)=C(C(=O)OC(F)(F)CF)C1c1cccc([N+](=O)[O-])c1. The first-order chi connectivity index (χ1) is 14.9. The molecule has 0 radical (unpaired) electrons. The molecule has 1 aliphatic heterocycles. The van der Waals surface area contributed by atoms with Gasteiger partial charge in [-0.2, -0.15) is 8.78 Å². The van der Waals surface area contributed by atoms with Crippen LogP contribution in [0.15, 0.2) is 46.8 Å². The lowest BCUT2D eigenvalue weighted by Crippen LogP contribution is -2.36. The lowest BCUT2D eigenvalue weighted by atomic mass is 9.80. The molecule has 32 heavy (non-hydrogen) atoms. The van der Waals surface area contributed by atoms with Gasteiger partial charge in [0.05, 0.1) is 22.0 Å². The third-order valence-electron chi connectivity index (χ3n) is 4.62. The minimum atomic E-state index is -4.40. The van der Waals surface area contributed by atoms with Crippen LogP contribution in [0.25, 0.3) is 0 Å². The van der Waals surface area contributed by atoms with Crippen molar-refractivity contribution in [3.63, 3.8) is 0 Å². The van der Waals surface area contributed by atoms with Crippen LogP contribution >= 0.6 is 0 Å². The predicted octanol–water partition coefficient (Wildman–Crippen LogP) is 3.47. The molecular weight excluding hydrogens is 437 g/mol. The molecule has 174 valence electrons. The first-order valence-electron chi connectivity index (χ1n) is 9.25. The van der Waals surface area contributed by atoms with E-state index in [1.165, 1.54) is 46.1 Å². The standard InChI is InChI=1S/C20H21F3N2O7/c1-10-15(18(26)31-12(3)30-4)17(13-6-5-7-14(8-13)25(28)29)16(11(2)24-10)19(27)32-20(22,23)9-21/h5-8,12,17,24H,9H2,1-4H3. The molecule has 0 bridgehead atoms. The zero-order valence-electron chi connectivity index (χ0n) is 17.6. The molecule has 0 saturated carbocycles. The van der Waals surface area contributed by atoms with Gasteiger partial charge in [-0.3, -0.25) is 10.1 Å². The highest BCUT2D eigenvalue weighted by molar-refractivity contribution is 6.00. The number of rotatable bonds is 8. The van der Waals surface area contributed by atoms with Crippen LogP contribution in [0.1, 0.15) is 32.3 Å². The Hall–Kier alpha value is -3.41. The van der Waals surface area contributed by atoms with E-state index >= 15 is 0 Å². The second-order valence-electron chi connectivity index (χ2n) is 6.86. The molecule has 1 heterocycles. The molecule has 0 aromatic heterocycles. The number of nitrogens with zero attached hydrogens (tertiary/aromatic N) is 1. The van der Waals surface area contributed by atoms with Crippen molar-refractivity contribution in [1.29, 1.82) is 0 Å². The van der Waals surface area contributed by atoms with E-state index in [2.05, 4.69) is 10.1 Å². The van der Waals surface area contributed by atoms with Crippen LogP contribution in [0.4, 0.5) is 18.9 Å². The molecule has 0 aliphatic carbocycles. The Morgan fingerprint density at radius 3 is 2.34 bits per heavy atom. The fourth-order valence-corrected chi connectivity index (χ4v) is 3.17. The van der Waals surface area contributed by atoms with Gasteiger partial charge in [-0.25, -0.2) is 14.0 Å². The molecule has 1 aromatic rings. The molecule has 0 saturated heterocycles. The second-order valence-corrected chi connectivity index (χ2v) is 6.86. The number of carbonyl (C=O) groups excluding carboxylic acids is 2. The van der Waals surface area contributed by atoms with Crippen LogP contribution in [0.3, 0.4) is 0 Å². The van der Waals surface area contributed by atoms with E-state index in [4.69, 9.17) is 9.47 Å². The van der Waals surface area contributed by atoms with Crippen LogP contribution in [0.5, 0.6) is 0 Å². The maximum absolute atomic E-state index is 13.5. The van der Waals surface area contributed by atoms with Gasteiger partial charge in [-0.1, -0.05) is 12.1 Å². The molecule has 12 heteroatoms. The molecule has 2 unspecified atom stereocenters. The topological polar surface area (TPSA) is 117 Å². The van der Waals surface area contributed by atoms with Crippen molar-refractivity contribution in [3.8, 4) is 0 Å². The largest absolute Gasteiger partial charge is 0.433 e. The molecule has 9 nitrogen and oxygen atoms in total. The van der Waals surface area contributed by atoms with Gasteiger partial charge >= 0.3 is 18.0 Å². The van der Waals surface area contributed by atoms with Crippen molar-refractivity contribution in [2.75, 3.05) is 13.8 Å². The lowest BCUT2D eigenvalue weighted by Gasteiger charge is -2.31. The average molecular weight is 458 g/mol. The van der Waals surface area contributed by atoms with E-state index in [1.54, 1.807) is 0 Å². The summed E-state index contributed by atoms with van der Waals surface area (Å²) in [5.74, 6) is -3.95. The van der Waals surface area contributed by atoms with Crippen molar-refractivity contribution in [1.82, 2.24) is 5.32 Å². The van der Waals surface area contributed by atoms with Crippen molar-refractivity contribution < 1.29 is 41.9 Å². The van der Waals surface area contributed by atoms with Crippen molar-refractivity contribution in [2.45, 2.75) is 39.1 Å². The van der Waals surface area contributed by atoms with E-state index in [0.29, 0.717) is 0 Å². The van der Waals surface area contributed by atoms with Crippen molar-refractivity contribution >= 4 is 17.6 Å². The summed E-state index contributed by atoms with van der Waals surface area (Å²) in [6, 6.07) is 4.94. The number of alkyl halides is 3. The number of carbonyl (C=O) groups is 2. The summed E-state index contributed by atoms with van der Waals surface area (Å²) in [5.41, 5.74) is -0.698. The molecular formula is C20H21F3N2O7. The molecule has 0 fully saturated rings. The maximum atomic E-state index is 13.5. The number of nitrogens with one attached hydrogen (secondary N) is 1. The number of methoxy groups -OCH3 is 1. The maximum Gasteiger partial charge on any atom is 0.429 e. The Morgan fingerprint density at radius 1 is 1.22 bits per heavy atom. The Bertz CT molecular complexity index is 991. The number of halogens is 3. The van der Waals surface area contributed by atoms with Crippen molar-refractivity contribution in [3.05, 3.63) is 62.5 Å². The highest BCUT2D eigenvalue weighted by Crippen LogP contribution is 2.41. The molecule has 0 spiro atoms. The Balaban J connectivity index is 2.67. The molecule has 0 amide bonds. The van der Waals surface area contributed by atoms with Gasteiger partial charge < -0.3 is 19.5 Å². The molecule has 1 aromatic carbocycles. The number of benzene rings is 1. The Labute approximate surface area is 181 Å². The summed E-state index contributed by atoms with van der Waals surface area (Å²) in [4.78, 5) is 36.1. The van der Waals surface area contributed by atoms with Gasteiger partial charge in [0.15, 0.2) is 13.0 Å². The van der Waals surface area contributed by atoms with Gasteiger partial charge in [0.1, 0.15) is 0 Å². The average Bonchev–Trinajstić information content (AvgIpc) is 2.72. The first-order valence-corrected chi connectivity index (χ1v) is 9.25. The molecule has 2 rings (SSSR count). The normalized spacial score (nSPS) is 17.5. The van der Waals surface area contributed by atoms with Gasteiger partial charge in [0, 0.05) is 30.6 Å². The summed E-state index contributed by atoms with van der Waals surface area (Å²) in [7, 11) is 1.28. The monoisotopic (exact) mass is 458 g/mol. The Kier molecular flexibility index (Phi) is 7.62. The van der Waals surface area contributed by atoms with Crippen LogP contribution in [0, 0.1) is 10.1 Å². The van der Waals surface area contributed by atoms with Gasteiger partial charge in [-0.05, 0) is 26.3 Å². The predicted molar refractivity (Wildman–Crippen MR) is 104 cm³/mol. The minimum Gasteiger partial charge on any atom is -0.433 e. The Morgan fingerprint density at radius 2 is 1.81 bits per heavy atom. The highest BCUT2D eigenvalue weighted by Gasteiger charge is 2.42. The number of esters is 2. The summed E-state index contributed by atoms with van der Waals surface area (Å²) >= 11 is 0. The number of ether oxygens (including phenoxy) is 3.